The Labute approximate surface area is 160 Å². The minimum atomic E-state index is -0.724. The van der Waals surface area contributed by atoms with Crippen molar-refractivity contribution in [2.45, 2.75) is 12.1 Å². The second kappa shape index (κ2) is 7.70. The number of carbonyl (C=O) groups is 1. The van der Waals surface area contributed by atoms with E-state index in [-0.39, 0.29) is 11.6 Å². The normalized spacial score (nSPS) is 10.7. The Kier molecular flexibility index (Phi) is 5.38. The largest absolute Gasteiger partial charge is 0.505 e. The van der Waals surface area contributed by atoms with E-state index in [9.17, 15) is 14.7 Å². The molecule has 3 N–H and O–H groups in total. The number of hydrogen-bond donors (Lipinski definition) is 3. The molecule has 0 aliphatic rings. The summed E-state index contributed by atoms with van der Waals surface area (Å²) in [6, 6.07) is 7.71. The van der Waals surface area contributed by atoms with Gasteiger partial charge in [-0.05, 0) is 30.0 Å². The fraction of sp³-hybridized carbons (Fsp3) is 0.133. The molecule has 0 bridgehead atoms. The van der Waals surface area contributed by atoms with E-state index >= 15 is 0 Å². The Morgan fingerprint density at radius 2 is 2.12 bits per heavy atom. The Morgan fingerprint density at radius 1 is 1.38 bits per heavy atom. The summed E-state index contributed by atoms with van der Waals surface area (Å²) in [7, 11) is 0. The van der Waals surface area contributed by atoms with Gasteiger partial charge in [0, 0.05) is 10.5 Å². The highest BCUT2D eigenvalue weighted by Crippen LogP contribution is 2.17. The molecule has 3 rings (SSSR count). The third-order valence-corrected chi connectivity index (χ3v) is 4.43. The maximum absolute atomic E-state index is 12.4. The van der Waals surface area contributed by atoms with E-state index in [2.05, 4.69) is 41.5 Å². The molecule has 0 atom stereocenters. The van der Waals surface area contributed by atoms with Crippen LogP contribution in [0.1, 0.15) is 17.4 Å². The molecule has 0 fully saturated rings. The number of benzene rings is 1. The minimum absolute atomic E-state index is 0.119. The maximum Gasteiger partial charge on any atom is 0.282 e. The number of amides is 1. The van der Waals surface area contributed by atoms with Crippen molar-refractivity contribution in [2.24, 2.45) is 0 Å². The fourth-order valence-corrected chi connectivity index (χ4v) is 2.83. The van der Waals surface area contributed by atoms with Crippen LogP contribution in [0.15, 0.2) is 44.8 Å². The molecule has 0 unspecified atom stereocenters. The van der Waals surface area contributed by atoms with Crippen LogP contribution in [0.25, 0.3) is 5.69 Å². The Morgan fingerprint density at radius 3 is 2.81 bits per heavy atom. The number of rotatable bonds is 5. The smallest absolute Gasteiger partial charge is 0.282 e. The van der Waals surface area contributed by atoms with Crippen LogP contribution >= 0.6 is 27.7 Å². The van der Waals surface area contributed by atoms with Gasteiger partial charge in [-0.15, -0.1) is 5.10 Å². The van der Waals surface area contributed by atoms with Crippen molar-refractivity contribution in [1.82, 2.24) is 25.0 Å². The van der Waals surface area contributed by atoms with E-state index < -0.39 is 17.2 Å². The number of nitrogens with one attached hydrogen (secondary N) is 2. The maximum atomic E-state index is 12.4. The monoisotopic (exact) mass is 436 g/mol. The number of hydrogen-bond acceptors (Lipinski definition) is 7. The van der Waals surface area contributed by atoms with E-state index in [1.807, 2.05) is 6.92 Å². The molecule has 1 amide bonds. The Bertz CT molecular complexity index is 1000. The van der Waals surface area contributed by atoms with Crippen LogP contribution < -0.4 is 10.9 Å². The van der Waals surface area contributed by atoms with E-state index in [0.717, 1.165) is 21.0 Å². The van der Waals surface area contributed by atoms with Crippen molar-refractivity contribution < 1.29 is 9.90 Å². The van der Waals surface area contributed by atoms with E-state index in [1.54, 1.807) is 24.3 Å². The summed E-state index contributed by atoms with van der Waals surface area (Å²) in [5, 5.41) is 23.4. The highest BCUT2D eigenvalue weighted by molar-refractivity contribution is 9.10. The van der Waals surface area contributed by atoms with Gasteiger partial charge in [-0.1, -0.05) is 34.6 Å². The van der Waals surface area contributed by atoms with Gasteiger partial charge in [0.1, 0.15) is 0 Å². The first-order valence-corrected chi connectivity index (χ1v) is 9.21. The molecule has 26 heavy (non-hydrogen) atoms. The number of nitrogens with zero attached hydrogens (tertiary/aromatic N) is 4. The Balaban J connectivity index is 1.91. The fourth-order valence-electron chi connectivity index (χ4n) is 2.04. The van der Waals surface area contributed by atoms with E-state index in [0.29, 0.717) is 10.8 Å². The zero-order chi connectivity index (χ0) is 18.7. The average Bonchev–Trinajstić information content (AvgIpc) is 3.03. The number of aromatic hydroxyl groups is 1. The van der Waals surface area contributed by atoms with Gasteiger partial charge < -0.3 is 5.11 Å². The highest BCUT2D eigenvalue weighted by atomic mass is 79.9. The molecule has 9 nitrogen and oxygen atoms in total. The van der Waals surface area contributed by atoms with Crippen LogP contribution in [0, 0.1) is 0 Å². The highest BCUT2D eigenvalue weighted by Gasteiger charge is 2.18. The second-order valence-corrected chi connectivity index (χ2v) is 7.11. The zero-order valence-electron chi connectivity index (χ0n) is 13.4. The summed E-state index contributed by atoms with van der Waals surface area (Å²) >= 11 is 4.71. The number of aromatic nitrogens is 5. The standard InChI is InChI=1S/C15H13BrN6O3S/c1-2-26-15-18-14(19-20-15)17-13(25)12-10(23)7-11(24)22(21-12)9-5-3-8(16)4-6-9/h3-7,23H,2H2,1H3,(H2,17,18,19,20,25). The van der Waals surface area contributed by atoms with E-state index in [4.69, 9.17) is 0 Å². The zero-order valence-corrected chi connectivity index (χ0v) is 15.8. The van der Waals surface area contributed by atoms with Crippen molar-refractivity contribution >= 4 is 39.5 Å². The molecule has 0 saturated carbocycles. The van der Waals surface area contributed by atoms with Crippen LogP contribution in [-0.4, -0.2) is 41.7 Å². The average molecular weight is 437 g/mol. The number of thioether (sulfide) groups is 1. The number of carbonyl (C=O) groups excluding carboxylic acids is 1. The first-order valence-electron chi connectivity index (χ1n) is 7.43. The second-order valence-electron chi connectivity index (χ2n) is 4.96. The molecule has 2 heterocycles. The van der Waals surface area contributed by atoms with Crippen LogP contribution in [0.3, 0.4) is 0 Å². The summed E-state index contributed by atoms with van der Waals surface area (Å²) in [4.78, 5) is 28.6. The Hall–Kier alpha value is -2.66. The molecular formula is C15H13BrN6O3S. The number of aromatic amines is 1. The van der Waals surface area contributed by atoms with Crippen LogP contribution in [-0.2, 0) is 0 Å². The summed E-state index contributed by atoms with van der Waals surface area (Å²) in [6.07, 6.45) is 0. The van der Waals surface area contributed by atoms with Crippen molar-refractivity contribution in [2.75, 3.05) is 11.1 Å². The van der Waals surface area contributed by atoms with Gasteiger partial charge in [-0.2, -0.15) is 14.8 Å². The van der Waals surface area contributed by atoms with Crippen LogP contribution in [0.5, 0.6) is 5.75 Å². The molecule has 1 aromatic carbocycles. The molecule has 0 aliphatic heterocycles. The third kappa shape index (κ3) is 3.94. The molecule has 11 heteroatoms. The van der Waals surface area contributed by atoms with Crippen molar-refractivity contribution in [3.63, 3.8) is 0 Å². The predicted octanol–water partition coefficient (Wildman–Crippen LogP) is 2.18. The minimum Gasteiger partial charge on any atom is -0.505 e. The molecule has 0 saturated heterocycles. The lowest BCUT2D eigenvalue weighted by molar-refractivity contribution is 0.101. The van der Waals surface area contributed by atoms with Crippen LogP contribution in [0.2, 0.25) is 0 Å². The number of anilines is 1. The molecular weight excluding hydrogens is 424 g/mol. The lowest BCUT2D eigenvalue weighted by atomic mass is 10.3. The van der Waals surface area contributed by atoms with Gasteiger partial charge in [-0.25, -0.2) is 5.10 Å². The van der Waals surface area contributed by atoms with E-state index in [1.165, 1.54) is 11.8 Å². The van der Waals surface area contributed by atoms with Gasteiger partial charge >= 0.3 is 0 Å². The molecule has 0 radical (unpaired) electrons. The number of halogens is 1. The van der Waals surface area contributed by atoms with Crippen molar-refractivity contribution in [3.05, 3.63) is 50.9 Å². The third-order valence-electron chi connectivity index (χ3n) is 3.17. The van der Waals surface area contributed by atoms with Gasteiger partial charge in [0.2, 0.25) is 11.1 Å². The summed E-state index contributed by atoms with van der Waals surface area (Å²) in [5.74, 6) is -0.346. The van der Waals surface area contributed by atoms with Crippen LogP contribution in [0.4, 0.5) is 5.95 Å². The number of H-pyrrole nitrogens is 1. The van der Waals surface area contributed by atoms with Gasteiger partial charge in [0.25, 0.3) is 11.5 Å². The van der Waals surface area contributed by atoms with Crippen molar-refractivity contribution in [1.29, 1.82) is 0 Å². The lowest BCUT2D eigenvalue weighted by Gasteiger charge is -2.08. The predicted molar refractivity (Wildman–Crippen MR) is 99.9 cm³/mol. The quantitative estimate of drug-likeness (QED) is 0.523. The molecule has 2 aromatic heterocycles. The molecule has 0 spiro atoms. The first-order chi connectivity index (χ1) is 12.5. The first kappa shape index (κ1) is 18.1. The van der Waals surface area contributed by atoms with Gasteiger partial charge in [0.15, 0.2) is 11.4 Å². The molecule has 0 aliphatic carbocycles. The van der Waals surface area contributed by atoms with Gasteiger partial charge in [0.05, 0.1) is 5.69 Å². The molecule has 3 aromatic rings. The summed E-state index contributed by atoms with van der Waals surface area (Å²) in [6.45, 7) is 1.95. The SMILES string of the molecule is CCSc1n[nH]c(NC(=O)c2nn(-c3ccc(Br)cc3)c(=O)cc2O)n1. The molecule has 134 valence electrons. The topological polar surface area (TPSA) is 126 Å². The summed E-state index contributed by atoms with van der Waals surface area (Å²) < 4.78 is 1.86. The van der Waals surface area contributed by atoms with Gasteiger partial charge in [-0.3, -0.25) is 14.9 Å². The lowest BCUT2D eigenvalue weighted by Crippen LogP contribution is -2.25. The summed E-state index contributed by atoms with van der Waals surface area (Å²) in [5.41, 5.74) is -0.426. The van der Waals surface area contributed by atoms with Crippen molar-refractivity contribution in [3.8, 4) is 11.4 Å².